The summed E-state index contributed by atoms with van der Waals surface area (Å²) in [6.45, 7) is 7.69. The van der Waals surface area contributed by atoms with Gasteiger partial charge < -0.3 is 5.32 Å². The van der Waals surface area contributed by atoms with E-state index in [1.807, 2.05) is 62.7 Å². The van der Waals surface area contributed by atoms with E-state index < -0.39 is 5.54 Å². The van der Waals surface area contributed by atoms with Crippen LogP contribution in [0.2, 0.25) is 0 Å². The van der Waals surface area contributed by atoms with Crippen molar-refractivity contribution >= 4 is 12.1 Å². The Labute approximate surface area is 117 Å². The maximum Gasteiger partial charge on any atom is 0.291 e. The van der Waals surface area contributed by atoms with E-state index in [4.69, 9.17) is 0 Å². The van der Waals surface area contributed by atoms with Gasteiger partial charge in [0, 0.05) is 0 Å². The number of benzene rings is 1. The highest BCUT2D eigenvalue weighted by atomic mass is 16.1. The molecule has 5 heteroatoms. The highest BCUT2D eigenvalue weighted by Crippen LogP contribution is 2.22. The molecule has 2 rings (SSSR count). The summed E-state index contributed by atoms with van der Waals surface area (Å²) in [5.41, 5.74) is 1.31. The van der Waals surface area contributed by atoms with Gasteiger partial charge in [0.05, 0.1) is 16.9 Å². The third-order valence-electron chi connectivity index (χ3n) is 3.13. The summed E-state index contributed by atoms with van der Waals surface area (Å²) in [4.78, 5) is 23.3. The van der Waals surface area contributed by atoms with E-state index in [2.05, 4.69) is 5.32 Å². The van der Waals surface area contributed by atoms with Gasteiger partial charge in [-0.1, -0.05) is 18.2 Å². The van der Waals surface area contributed by atoms with Crippen molar-refractivity contribution in [1.29, 1.82) is 0 Å². The van der Waals surface area contributed by atoms with Gasteiger partial charge in [-0.3, -0.25) is 14.3 Å². The number of nitrogens with one attached hydrogen (secondary N) is 1. The van der Waals surface area contributed by atoms with Crippen LogP contribution in [-0.2, 0) is 10.3 Å². The van der Waals surface area contributed by atoms with Crippen LogP contribution in [0.25, 0.3) is 5.69 Å². The Morgan fingerprint density at radius 3 is 2.25 bits per heavy atom. The lowest BCUT2D eigenvalue weighted by atomic mass is 10.1. The predicted molar refractivity (Wildman–Crippen MR) is 79.4 cm³/mol. The number of aromatic nitrogens is 2. The zero-order valence-electron chi connectivity index (χ0n) is 12.2. The average molecular weight is 273 g/mol. The second kappa shape index (κ2) is 5.00. The van der Waals surface area contributed by atoms with Crippen LogP contribution < -0.4 is 10.9 Å². The topological polar surface area (TPSA) is 56.0 Å². The number of rotatable bonds is 3. The van der Waals surface area contributed by atoms with Gasteiger partial charge >= 0.3 is 0 Å². The van der Waals surface area contributed by atoms with Crippen LogP contribution in [0.1, 0.15) is 26.5 Å². The number of hydrogen-bond acceptors (Lipinski definition) is 2. The van der Waals surface area contributed by atoms with Crippen molar-refractivity contribution in [3.05, 3.63) is 46.4 Å². The van der Waals surface area contributed by atoms with Crippen LogP contribution in [0.15, 0.2) is 35.1 Å². The molecule has 0 saturated heterocycles. The van der Waals surface area contributed by atoms with Gasteiger partial charge in [-0.15, -0.1) is 0 Å². The minimum atomic E-state index is -0.402. The molecule has 106 valence electrons. The molecule has 0 aliphatic rings. The number of amides is 1. The normalized spacial score (nSPS) is 11.4. The van der Waals surface area contributed by atoms with Crippen molar-refractivity contribution in [1.82, 2.24) is 9.36 Å². The molecule has 0 fully saturated rings. The summed E-state index contributed by atoms with van der Waals surface area (Å²) in [5, 5.41) is 2.51. The molecular formula is C15H19N3O2. The molecule has 0 spiro atoms. The van der Waals surface area contributed by atoms with Crippen LogP contribution in [0.3, 0.4) is 0 Å². The second-order valence-corrected chi connectivity index (χ2v) is 5.66. The van der Waals surface area contributed by atoms with Crippen LogP contribution in [0.5, 0.6) is 0 Å². The molecule has 0 bridgehead atoms. The van der Waals surface area contributed by atoms with Gasteiger partial charge in [0.25, 0.3) is 5.56 Å². The molecule has 0 radical (unpaired) electrons. The minimum Gasteiger partial charge on any atom is -0.323 e. The van der Waals surface area contributed by atoms with Crippen molar-refractivity contribution in [3.8, 4) is 5.69 Å². The van der Waals surface area contributed by atoms with E-state index in [0.717, 1.165) is 5.69 Å². The summed E-state index contributed by atoms with van der Waals surface area (Å²) in [6.07, 6.45) is 0.534. The summed E-state index contributed by atoms with van der Waals surface area (Å²) >= 11 is 0. The maximum absolute atomic E-state index is 12.5. The Bertz CT molecular complexity index is 676. The lowest BCUT2D eigenvalue weighted by Crippen LogP contribution is -2.36. The van der Waals surface area contributed by atoms with E-state index in [1.54, 1.807) is 4.68 Å². The summed E-state index contributed by atoms with van der Waals surface area (Å²) in [7, 11) is 0. The average Bonchev–Trinajstić information content (AvgIpc) is 2.64. The molecule has 20 heavy (non-hydrogen) atoms. The van der Waals surface area contributed by atoms with Crippen molar-refractivity contribution in [3.63, 3.8) is 0 Å². The number of para-hydroxylation sites is 1. The van der Waals surface area contributed by atoms with E-state index in [1.165, 1.54) is 0 Å². The number of carbonyl (C=O) groups excluding carboxylic acids is 1. The van der Waals surface area contributed by atoms with E-state index in [0.29, 0.717) is 17.8 Å². The number of carbonyl (C=O) groups is 1. The Hall–Kier alpha value is -2.30. The molecule has 0 atom stereocenters. The SMILES string of the molecule is Cc1c(NC=O)c(=O)n(C(C)(C)C)n1-c1ccccc1. The molecule has 1 heterocycles. The molecule has 1 amide bonds. The largest absolute Gasteiger partial charge is 0.323 e. The molecular weight excluding hydrogens is 254 g/mol. The third-order valence-corrected chi connectivity index (χ3v) is 3.13. The fourth-order valence-electron chi connectivity index (χ4n) is 2.32. The Balaban J connectivity index is 2.82. The van der Waals surface area contributed by atoms with E-state index >= 15 is 0 Å². The van der Waals surface area contributed by atoms with Crippen molar-refractivity contribution in [2.45, 2.75) is 33.2 Å². The zero-order chi connectivity index (χ0) is 14.9. The third kappa shape index (κ3) is 2.27. The first kappa shape index (κ1) is 14.1. The summed E-state index contributed by atoms with van der Waals surface area (Å²) in [5.74, 6) is 0. The van der Waals surface area contributed by atoms with Crippen molar-refractivity contribution in [2.75, 3.05) is 5.32 Å². The maximum atomic E-state index is 12.5. The van der Waals surface area contributed by atoms with Crippen molar-refractivity contribution in [2.24, 2.45) is 0 Å². The van der Waals surface area contributed by atoms with Crippen LogP contribution >= 0.6 is 0 Å². The van der Waals surface area contributed by atoms with Gasteiger partial charge in [0.1, 0.15) is 5.69 Å². The van der Waals surface area contributed by atoms with Crippen molar-refractivity contribution < 1.29 is 4.79 Å². The first-order chi connectivity index (χ1) is 9.38. The Morgan fingerprint density at radius 2 is 1.75 bits per heavy atom. The zero-order valence-corrected chi connectivity index (χ0v) is 12.2. The van der Waals surface area contributed by atoms with Crippen LogP contribution in [-0.4, -0.2) is 15.8 Å². The predicted octanol–water partition coefficient (Wildman–Crippen LogP) is 2.27. The van der Waals surface area contributed by atoms with Gasteiger partial charge in [-0.05, 0) is 39.8 Å². The van der Waals surface area contributed by atoms with E-state index in [9.17, 15) is 9.59 Å². The fraction of sp³-hybridized carbons (Fsp3) is 0.333. The molecule has 0 saturated carbocycles. The molecule has 5 nitrogen and oxygen atoms in total. The van der Waals surface area contributed by atoms with Crippen LogP contribution in [0, 0.1) is 6.92 Å². The molecule has 0 unspecified atom stereocenters. The van der Waals surface area contributed by atoms with Gasteiger partial charge in [-0.25, -0.2) is 4.68 Å². The smallest absolute Gasteiger partial charge is 0.291 e. The highest BCUT2D eigenvalue weighted by Gasteiger charge is 2.25. The fourth-order valence-corrected chi connectivity index (χ4v) is 2.32. The monoisotopic (exact) mass is 273 g/mol. The number of nitrogens with zero attached hydrogens (tertiary/aromatic N) is 2. The van der Waals surface area contributed by atoms with Gasteiger partial charge in [0.2, 0.25) is 6.41 Å². The molecule has 0 aliphatic carbocycles. The number of anilines is 1. The molecule has 1 N–H and O–H groups in total. The number of hydrogen-bond donors (Lipinski definition) is 1. The van der Waals surface area contributed by atoms with Crippen LogP contribution in [0.4, 0.5) is 5.69 Å². The first-order valence-corrected chi connectivity index (χ1v) is 6.48. The first-order valence-electron chi connectivity index (χ1n) is 6.48. The lowest BCUT2D eigenvalue weighted by Gasteiger charge is -2.25. The minimum absolute atomic E-state index is 0.203. The summed E-state index contributed by atoms with van der Waals surface area (Å²) in [6, 6.07) is 9.61. The Morgan fingerprint density at radius 1 is 1.15 bits per heavy atom. The van der Waals surface area contributed by atoms with Gasteiger partial charge in [0.15, 0.2) is 0 Å². The molecule has 2 aromatic rings. The quantitative estimate of drug-likeness (QED) is 0.872. The molecule has 1 aromatic carbocycles. The standard InChI is InChI=1S/C15H19N3O2/c1-11-13(16-10-19)14(20)18(15(2,3)4)17(11)12-8-6-5-7-9-12/h5-10H,1-4H3,(H,16,19). The molecule has 0 aliphatic heterocycles. The summed E-state index contributed by atoms with van der Waals surface area (Å²) < 4.78 is 3.50. The Kier molecular flexibility index (Phi) is 3.53. The van der Waals surface area contributed by atoms with Gasteiger partial charge in [-0.2, -0.15) is 0 Å². The highest BCUT2D eigenvalue weighted by molar-refractivity contribution is 5.72. The van der Waals surface area contributed by atoms with E-state index in [-0.39, 0.29) is 5.56 Å². The second-order valence-electron chi connectivity index (χ2n) is 5.66. The molecule has 1 aromatic heterocycles. The lowest BCUT2D eigenvalue weighted by molar-refractivity contribution is -0.105.